The van der Waals surface area contributed by atoms with Crippen LogP contribution in [0.15, 0.2) is 16.7 Å². The normalized spacial score (nSPS) is 24.6. The van der Waals surface area contributed by atoms with Crippen molar-refractivity contribution in [2.75, 3.05) is 18.8 Å². The number of carbonyl (C=O) groups excluding carboxylic acids is 1. The van der Waals surface area contributed by atoms with Gasteiger partial charge in [-0.3, -0.25) is 4.79 Å². The topological polar surface area (TPSA) is 67.6 Å². The Balaban J connectivity index is 1.81. The molecule has 3 rings (SSSR count). The van der Waals surface area contributed by atoms with E-state index in [4.69, 9.17) is 4.42 Å². The molecule has 0 atom stereocenters. The standard InChI is InChI=1S/C15H21NO4S/c1-15(2)6-7-16(8-10-21(15,18)19)14(17)12-5-9-20-13(12)11-3-4-11/h5,9,11H,3-4,6-8,10H2,1-2H3. The van der Waals surface area contributed by atoms with Crippen molar-refractivity contribution < 1.29 is 17.6 Å². The molecule has 6 heteroatoms. The Bertz CT molecular complexity index is 655. The molecule has 21 heavy (non-hydrogen) atoms. The summed E-state index contributed by atoms with van der Waals surface area (Å²) in [6, 6.07) is 1.71. The molecule has 1 amide bonds. The molecule has 0 N–H and O–H groups in total. The number of nitrogens with zero attached hydrogens (tertiary/aromatic N) is 1. The van der Waals surface area contributed by atoms with Crippen molar-refractivity contribution in [3.63, 3.8) is 0 Å². The van der Waals surface area contributed by atoms with Gasteiger partial charge in [-0.2, -0.15) is 0 Å². The molecule has 0 unspecified atom stereocenters. The Morgan fingerprint density at radius 1 is 1.33 bits per heavy atom. The quantitative estimate of drug-likeness (QED) is 0.839. The van der Waals surface area contributed by atoms with Crippen molar-refractivity contribution in [3.8, 4) is 0 Å². The third kappa shape index (κ3) is 2.61. The molecule has 1 saturated carbocycles. The molecule has 0 spiro atoms. The second kappa shape index (κ2) is 4.87. The van der Waals surface area contributed by atoms with Crippen LogP contribution in [-0.2, 0) is 9.84 Å². The number of amides is 1. The monoisotopic (exact) mass is 311 g/mol. The summed E-state index contributed by atoms with van der Waals surface area (Å²) in [5.41, 5.74) is 0.606. The number of furan rings is 1. The maximum Gasteiger partial charge on any atom is 0.257 e. The van der Waals surface area contributed by atoms with Gasteiger partial charge in [0, 0.05) is 19.0 Å². The van der Waals surface area contributed by atoms with Crippen LogP contribution >= 0.6 is 0 Å². The first-order valence-corrected chi connectivity index (χ1v) is 9.06. The summed E-state index contributed by atoms with van der Waals surface area (Å²) in [4.78, 5) is 14.3. The van der Waals surface area contributed by atoms with Gasteiger partial charge in [-0.15, -0.1) is 0 Å². The van der Waals surface area contributed by atoms with E-state index in [1.165, 1.54) is 0 Å². The van der Waals surface area contributed by atoms with Crippen molar-refractivity contribution in [2.45, 2.75) is 43.8 Å². The van der Waals surface area contributed by atoms with Crippen LogP contribution in [0.4, 0.5) is 0 Å². The van der Waals surface area contributed by atoms with Crippen molar-refractivity contribution in [2.24, 2.45) is 0 Å². The average Bonchev–Trinajstić information content (AvgIpc) is 3.15. The van der Waals surface area contributed by atoms with Gasteiger partial charge in [0.25, 0.3) is 5.91 Å². The minimum absolute atomic E-state index is 0.0301. The lowest BCUT2D eigenvalue weighted by atomic mass is 10.1. The molecular formula is C15H21NO4S. The van der Waals surface area contributed by atoms with Crippen LogP contribution < -0.4 is 0 Å². The number of carbonyl (C=O) groups is 1. The van der Waals surface area contributed by atoms with Crippen molar-refractivity contribution in [3.05, 3.63) is 23.7 Å². The fraction of sp³-hybridized carbons (Fsp3) is 0.667. The lowest BCUT2D eigenvalue weighted by Crippen LogP contribution is -2.33. The molecule has 5 nitrogen and oxygen atoms in total. The lowest BCUT2D eigenvalue weighted by Gasteiger charge is -2.22. The highest BCUT2D eigenvalue weighted by molar-refractivity contribution is 7.92. The maximum absolute atomic E-state index is 12.7. The van der Waals surface area contributed by atoms with Crippen molar-refractivity contribution in [1.29, 1.82) is 0 Å². The highest BCUT2D eigenvalue weighted by Crippen LogP contribution is 2.42. The van der Waals surface area contributed by atoms with Gasteiger partial charge < -0.3 is 9.32 Å². The second-order valence-electron chi connectivity index (χ2n) is 6.59. The minimum Gasteiger partial charge on any atom is -0.468 e. The predicted octanol–water partition coefficient (Wildman–Crippen LogP) is 2.20. The van der Waals surface area contributed by atoms with E-state index in [-0.39, 0.29) is 18.2 Å². The molecule has 1 aliphatic carbocycles. The van der Waals surface area contributed by atoms with E-state index in [1.54, 1.807) is 31.1 Å². The third-order valence-corrected chi connectivity index (χ3v) is 7.22. The lowest BCUT2D eigenvalue weighted by molar-refractivity contribution is 0.0762. The zero-order valence-corrected chi connectivity index (χ0v) is 13.3. The molecule has 1 aromatic heterocycles. The summed E-state index contributed by atoms with van der Waals surface area (Å²) in [6.45, 7) is 4.22. The van der Waals surface area contributed by atoms with E-state index in [0.717, 1.165) is 18.6 Å². The Kier molecular flexibility index (Phi) is 3.39. The zero-order valence-electron chi connectivity index (χ0n) is 12.5. The van der Waals surface area contributed by atoms with Gasteiger partial charge in [-0.1, -0.05) is 0 Å². The van der Waals surface area contributed by atoms with Crippen LogP contribution in [0, 0.1) is 0 Å². The molecule has 0 bridgehead atoms. The van der Waals surface area contributed by atoms with Gasteiger partial charge in [0.15, 0.2) is 9.84 Å². The van der Waals surface area contributed by atoms with E-state index in [2.05, 4.69) is 0 Å². The zero-order chi connectivity index (χ0) is 15.3. The van der Waals surface area contributed by atoms with Gasteiger partial charge in [-0.25, -0.2) is 8.42 Å². The van der Waals surface area contributed by atoms with Gasteiger partial charge in [0.2, 0.25) is 0 Å². The largest absolute Gasteiger partial charge is 0.468 e. The van der Waals surface area contributed by atoms with Crippen LogP contribution in [0.5, 0.6) is 0 Å². The number of hydrogen-bond donors (Lipinski definition) is 0. The summed E-state index contributed by atoms with van der Waals surface area (Å²) in [5, 5.41) is 0. The summed E-state index contributed by atoms with van der Waals surface area (Å²) in [6.07, 6.45) is 4.15. The molecule has 2 aliphatic rings. The first-order valence-electron chi connectivity index (χ1n) is 7.41. The molecule has 1 aliphatic heterocycles. The van der Waals surface area contributed by atoms with Gasteiger partial charge in [0.1, 0.15) is 5.76 Å². The van der Waals surface area contributed by atoms with Crippen molar-refractivity contribution >= 4 is 15.7 Å². The number of hydrogen-bond acceptors (Lipinski definition) is 4. The summed E-state index contributed by atoms with van der Waals surface area (Å²) in [7, 11) is -3.16. The summed E-state index contributed by atoms with van der Waals surface area (Å²) in [5.74, 6) is 1.07. The third-order valence-electron chi connectivity index (χ3n) is 4.62. The van der Waals surface area contributed by atoms with Crippen LogP contribution in [0.1, 0.15) is 55.1 Å². The molecule has 0 aromatic carbocycles. The number of rotatable bonds is 2. The highest BCUT2D eigenvalue weighted by Gasteiger charge is 2.39. The maximum atomic E-state index is 12.7. The first-order chi connectivity index (χ1) is 9.82. The minimum atomic E-state index is -3.16. The Morgan fingerprint density at radius 3 is 2.71 bits per heavy atom. The Labute approximate surface area is 125 Å². The Hall–Kier alpha value is -1.30. The molecule has 2 fully saturated rings. The fourth-order valence-electron chi connectivity index (χ4n) is 2.71. The van der Waals surface area contributed by atoms with Gasteiger partial charge >= 0.3 is 0 Å². The van der Waals surface area contributed by atoms with E-state index in [1.807, 2.05) is 0 Å². The van der Waals surface area contributed by atoms with Crippen LogP contribution in [0.25, 0.3) is 0 Å². The van der Waals surface area contributed by atoms with E-state index in [0.29, 0.717) is 24.4 Å². The van der Waals surface area contributed by atoms with Crippen LogP contribution in [0.2, 0.25) is 0 Å². The van der Waals surface area contributed by atoms with Crippen LogP contribution in [0.3, 0.4) is 0 Å². The fourth-order valence-corrected chi connectivity index (χ4v) is 4.13. The average molecular weight is 311 g/mol. The molecule has 0 radical (unpaired) electrons. The summed E-state index contributed by atoms with van der Waals surface area (Å²) < 4.78 is 29.1. The smallest absolute Gasteiger partial charge is 0.257 e. The summed E-state index contributed by atoms with van der Waals surface area (Å²) >= 11 is 0. The SMILES string of the molecule is CC1(C)CCN(C(=O)c2ccoc2C2CC2)CCS1(=O)=O. The molecule has 2 heterocycles. The van der Waals surface area contributed by atoms with Gasteiger partial charge in [0.05, 0.1) is 22.3 Å². The molecule has 1 aromatic rings. The van der Waals surface area contributed by atoms with E-state index in [9.17, 15) is 13.2 Å². The number of sulfone groups is 1. The van der Waals surface area contributed by atoms with Crippen molar-refractivity contribution in [1.82, 2.24) is 4.90 Å². The molecule has 116 valence electrons. The van der Waals surface area contributed by atoms with E-state index >= 15 is 0 Å². The predicted molar refractivity (Wildman–Crippen MR) is 79.1 cm³/mol. The van der Waals surface area contributed by atoms with Gasteiger partial charge in [-0.05, 0) is 39.2 Å². The van der Waals surface area contributed by atoms with E-state index < -0.39 is 14.6 Å². The first kappa shape index (κ1) is 14.6. The molecular weight excluding hydrogens is 290 g/mol. The molecule has 1 saturated heterocycles. The van der Waals surface area contributed by atoms with Crippen LogP contribution in [-0.4, -0.2) is 42.8 Å². The highest BCUT2D eigenvalue weighted by atomic mass is 32.2. The second-order valence-corrected chi connectivity index (χ2v) is 9.34. The Morgan fingerprint density at radius 2 is 2.05 bits per heavy atom.